The Morgan fingerprint density at radius 3 is 2.31 bits per heavy atom. The van der Waals surface area contributed by atoms with Crippen LogP contribution in [-0.2, 0) is 11.2 Å². The molecule has 0 atom stereocenters. The van der Waals surface area contributed by atoms with E-state index in [1.807, 2.05) is 19.1 Å². The SMILES string of the molecule is CCOc1ccc2c(c1)Cc1cc(C(=O)C(CC)(CC)N3CCOCC3)ccc1-2. The maximum absolute atomic E-state index is 13.7. The molecule has 0 radical (unpaired) electrons. The Morgan fingerprint density at radius 1 is 1.00 bits per heavy atom. The van der Waals surface area contributed by atoms with E-state index in [1.54, 1.807) is 0 Å². The van der Waals surface area contributed by atoms with Gasteiger partial charge >= 0.3 is 0 Å². The Hall–Kier alpha value is -2.17. The maximum Gasteiger partial charge on any atom is 0.183 e. The summed E-state index contributed by atoms with van der Waals surface area (Å²) in [5.41, 5.74) is 5.41. The summed E-state index contributed by atoms with van der Waals surface area (Å²) in [5.74, 6) is 1.16. The van der Waals surface area contributed by atoms with Crippen LogP contribution in [0.2, 0.25) is 0 Å². The van der Waals surface area contributed by atoms with E-state index in [4.69, 9.17) is 9.47 Å². The fourth-order valence-corrected chi connectivity index (χ4v) is 5.01. The topological polar surface area (TPSA) is 38.8 Å². The van der Waals surface area contributed by atoms with Crippen LogP contribution in [0.3, 0.4) is 0 Å². The number of benzene rings is 2. The van der Waals surface area contributed by atoms with Crippen molar-refractivity contribution < 1.29 is 14.3 Å². The molecule has 4 rings (SSSR count). The highest BCUT2D eigenvalue weighted by Crippen LogP contribution is 2.40. The molecule has 2 aliphatic rings. The Balaban J connectivity index is 1.64. The molecule has 154 valence electrons. The van der Waals surface area contributed by atoms with Gasteiger partial charge in [0.25, 0.3) is 0 Å². The van der Waals surface area contributed by atoms with Gasteiger partial charge < -0.3 is 9.47 Å². The first kappa shape index (κ1) is 20.1. The number of carbonyl (C=O) groups excluding carboxylic acids is 1. The number of hydrogen-bond donors (Lipinski definition) is 0. The lowest BCUT2D eigenvalue weighted by atomic mass is 9.81. The molecular weight excluding hydrogens is 362 g/mol. The Kier molecular flexibility index (Phi) is 5.75. The first-order chi connectivity index (χ1) is 14.1. The molecule has 0 N–H and O–H groups in total. The number of fused-ring (bicyclic) bond motifs is 3. The lowest BCUT2D eigenvalue weighted by Gasteiger charge is -2.43. The van der Waals surface area contributed by atoms with Crippen molar-refractivity contribution in [1.82, 2.24) is 4.90 Å². The zero-order valence-electron chi connectivity index (χ0n) is 17.8. The molecule has 0 saturated carbocycles. The minimum Gasteiger partial charge on any atom is -0.494 e. The summed E-state index contributed by atoms with van der Waals surface area (Å²) in [6.07, 6.45) is 2.49. The monoisotopic (exact) mass is 393 g/mol. The predicted octanol–water partition coefficient (Wildman–Crippen LogP) is 4.73. The average molecular weight is 394 g/mol. The van der Waals surface area contributed by atoms with Crippen molar-refractivity contribution in [2.24, 2.45) is 0 Å². The fourth-order valence-electron chi connectivity index (χ4n) is 5.01. The van der Waals surface area contributed by atoms with Crippen LogP contribution in [0.25, 0.3) is 11.1 Å². The predicted molar refractivity (Wildman–Crippen MR) is 116 cm³/mol. The average Bonchev–Trinajstić information content (AvgIpc) is 3.13. The molecule has 4 heteroatoms. The van der Waals surface area contributed by atoms with Crippen LogP contribution in [0.1, 0.15) is 55.1 Å². The van der Waals surface area contributed by atoms with Crippen molar-refractivity contribution in [2.45, 2.75) is 45.6 Å². The zero-order chi connectivity index (χ0) is 20.4. The van der Waals surface area contributed by atoms with E-state index < -0.39 is 5.54 Å². The molecule has 2 aromatic rings. The minimum absolute atomic E-state index is 0.248. The highest BCUT2D eigenvalue weighted by molar-refractivity contribution is 6.04. The fraction of sp³-hybridized carbons (Fsp3) is 0.480. The Bertz CT molecular complexity index is 895. The van der Waals surface area contributed by atoms with E-state index in [1.165, 1.54) is 22.3 Å². The summed E-state index contributed by atoms with van der Waals surface area (Å²) < 4.78 is 11.2. The smallest absolute Gasteiger partial charge is 0.183 e. The van der Waals surface area contributed by atoms with Gasteiger partial charge in [-0.15, -0.1) is 0 Å². The van der Waals surface area contributed by atoms with Crippen molar-refractivity contribution in [3.05, 3.63) is 53.1 Å². The third kappa shape index (κ3) is 3.49. The molecule has 0 bridgehead atoms. The third-order valence-corrected chi connectivity index (χ3v) is 6.64. The standard InChI is InChI=1S/C25H31NO3/c1-4-25(5-2,26-11-13-28-14-12-26)24(27)18-7-9-22-19(15-18)16-20-17-21(29-6-3)8-10-23(20)22/h7-10,15,17H,4-6,11-14,16H2,1-3H3. The third-order valence-electron chi connectivity index (χ3n) is 6.64. The van der Waals surface area contributed by atoms with Crippen molar-refractivity contribution in [3.8, 4) is 16.9 Å². The van der Waals surface area contributed by atoms with Crippen LogP contribution in [0.5, 0.6) is 5.75 Å². The van der Waals surface area contributed by atoms with E-state index >= 15 is 0 Å². The van der Waals surface area contributed by atoms with Gasteiger partial charge in [-0.3, -0.25) is 9.69 Å². The maximum atomic E-state index is 13.7. The molecule has 4 nitrogen and oxygen atoms in total. The van der Waals surface area contributed by atoms with Crippen LogP contribution in [-0.4, -0.2) is 49.1 Å². The zero-order valence-corrected chi connectivity index (χ0v) is 17.8. The summed E-state index contributed by atoms with van der Waals surface area (Å²) in [4.78, 5) is 16.1. The molecule has 1 aliphatic carbocycles. The Labute approximate surface area is 173 Å². The minimum atomic E-state index is -0.439. The second-order valence-corrected chi connectivity index (χ2v) is 7.97. The van der Waals surface area contributed by atoms with Gasteiger partial charge in [-0.05, 0) is 66.6 Å². The number of rotatable bonds is 7. The number of ketones is 1. The van der Waals surface area contributed by atoms with Gasteiger partial charge in [0.2, 0.25) is 0 Å². The van der Waals surface area contributed by atoms with Crippen LogP contribution in [0.4, 0.5) is 0 Å². The molecule has 29 heavy (non-hydrogen) atoms. The molecule has 0 amide bonds. The summed E-state index contributed by atoms with van der Waals surface area (Å²) in [7, 11) is 0. The van der Waals surface area contributed by atoms with Crippen molar-refractivity contribution in [3.63, 3.8) is 0 Å². The number of Topliss-reactive ketones (excluding diaryl/α,β-unsaturated/α-hetero) is 1. The first-order valence-corrected chi connectivity index (χ1v) is 10.9. The first-order valence-electron chi connectivity index (χ1n) is 10.9. The molecule has 1 aliphatic heterocycles. The van der Waals surface area contributed by atoms with Crippen molar-refractivity contribution in [1.29, 1.82) is 0 Å². The molecule has 0 unspecified atom stereocenters. The van der Waals surface area contributed by atoms with E-state index in [0.29, 0.717) is 19.8 Å². The molecule has 1 fully saturated rings. The lowest BCUT2D eigenvalue weighted by Crippen LogP contribution is -2.57. The Morgan fingerprint density at radius 2 is 1.66 bits per heavy atom. The van der Waals surface area contributed by atoms with Crippen LogP contribution >= 0.6 is 0 Å². The number of nitrogens with zero attached hydrogens (tertiary/aromatic N) is 1. The van der Waals surface area contributed by atoms with Gasteiger partial charge in [-0.1, -0.05) is 32.0 Å². The van der Waals surface area contributed by atoms with Gasteiger partial charge in [0.15, 0.2) is 5.78 Å². The van der Waals surface area contributed by atoms with E-state index in [-0.39, 0.29) is 5.78 Å². The van der Waals surface area contributed by atoms with Crippen LogP contribution < -0.4 is 4.74 Å². The summed E-state index contributed by atoms with van der Waals surface area (Å²) >= 11 is 0. The van der Waals surface area contributed by atoms with Gasteiger partial charge in [0, 0.05) is 18.7 Å². The quantitative estimate of drug-likeness (QED) is 0.544. The molecule has 1 saturated heterocycles. The summed E-state index contributed by atoms with van der Waals surface area (Å²) in [6, 6.07) is 12.6. The number of ether oxygens (including phenoxy) is 2. The molecular formula is C25H31NO3. The highest BCUT2D eigenvalue weighted by Gasteiger charge is 2.42. The highest BCUT2D eigenvalue weighted by atomic mass is 16.5. The summed E-state index contributed by atoms with van der Waals surface area (Å²) in [5, 5.41) is 0. The number of morpholine rings is 1. The van der Waals surface area contributed by atoms with Crippen LogP contribution in [0.15, 0.2) is 36.4 Å². The number of hydrogen-bond acceptors (Lipinski definition) is 4. The number of carbonyl (C=O) groups is 1. The summed E-state index contributed by atoms with van der Waals surface area (Å²) in [6.45, 7) is 10.00. The normalized spacial score (nSPS) is 16.4. The van der Waals surface area contributed by atoms with Gasteiger partial charge in [-0.25, -0.2) is 0 Å². The van der Waals surface area contributed by atoms with E-state index in [2.05, 4.69) is 43.0 Å². The molecule has 0 aromatic heterocycles. The largest absolute Gasteiger partial charge is 0.494 e. The van der Waals surface area contributed by atoms with Crippen molar-refractivity contribution in [2.75, 3.05) is 32.9 Å². The van der Waals surface area contributed by atoms with Crippen LogP contribution in [0, 0.1) is 0 Å². The lowest BCUT2D eigenvalue weighted by molar-refractivity contribution is -0.0175. The second-order valence-electron chi connectivity index (χ2n) is 7.97. The van der Waals surface area contributed by atoms with E-state index in [0.717, 1.165) is 43.7 Å². The molecule has 0 spiro atoms. The molecule has 2 aromatic carbocycles. The molecule has 1 heterocycles. The van der Waals surface area contributed by atoms with Gasteiger partial charge in [0.05, 0.1) is 25.4 Å². The second kappa shape index (κ2) is 8.29. The van der Waals surface area contributed by atoms with Gasteiger partial charge in [0.1, 0.15) is 5.75 Å². The van der Waals surface area contributed by atoms with Crippen molar-refractivity contribution >= 4 is 5.78 Å². The van der Waals surface area contributed by atoms with Gasteiger partial charge in [-0.2, -0.15) is 0 Å². The van der Waals surface area contributed by atoms with E-state index in [9.17, 15) is 4.79 Å².